The molecule has 0 unspecified atom stereocenters. The summed E-state index contributed by atoms with van der Waals surface area (Å²) >= 11 is 0. The maximum atomic E-state index is 9.01. The summed E-state index contributed by atoms with van der Waals surface area (Å²) in [7, 11) is 0. The van der Waals surface area contributed by atoms with Gasteiger partial charge < -0.3 is 0 Å². The minimum Gasteiger partial charge on any atom is -0.192 e. The molecule has 0 aliphatic heterocycles. The van der Waals surface area contributed by atoms with Gasteiger partial charge in [-0.2, -0.15) is 10.5 Å². The molecule has 5 rings (SSSR count). The number of nitriles is 2. The lowest BCUT2D eigenvalue weighted by Gasteiger charge is -2.18. The predicted octanol–water partition coefficient (Wildman–Crippen LogP) is 8.79. The molecule has 0 N–H and O–H groups in total. The predicted molar refractivity (Wildman–Crippen MR) is 155 cm³/mol. The highest BCUT2D eigenvalue weighted by atomic mass is 14.3. The van der Waals surface area contributed by atoms with Gasteiger partial charge in [0.05, 0.1) is 0 Å². The van der Waals surface area contributed by atoms with Crippen LogP contribution in [0, 0.1) is 22.7 Å². The third-order valence-corrected chi connectivity index (χ3v) is 6.41. The fourth-order valence-electron chi connectivity index (χ4n) is 4.58. The van der Waals surface area contributed by atoms with Gasteiger partial charge >= 0.3 is 0 Å². The average Bonchev–Trinajstić information content (AvgIpc) is 3.00. The van der Waals surface area contributed by atoms with Gasteiger partial charge in [-0.15, -0.1) is 0 Å². The second kappa shape index (κ2) is 11.5. The Morgan fingerprint density at radius 3 is 1.13 bits per heavy atom. The quantitative estimate of drug-likeness (QED) is 0.179. The van der Waals surface area contributed by atoms with Crippen molar-refractivity contribution in [3.05, 3.63) is 173 Å². The van der Waals surface area contributed by atoms with Crippen LogP contribution in [0.3, 0.4) is 0 Å². The van der Waals surface area contributed by atoms with Crippen LogP contribution in [0.15, 0.2) is 145 Å². The van der Waals surface area contributed by atoms with Crippen LogP contribution in [0.25, 0.3) is 28.3 Å². The van der Waals surface area contributed by atoms with Crippen LogP contribution in [0.2, 0.25) is 0 Å². The zero-order valence-corrected chi connectivity index (χ0v) is 20.8. The maximum absolute atomic E-state index is 9.01. The monoisotopic (exact) mass is 484 g/mol. The molecule has 38 heavy (non-hydrogen) atoms. The van der Waals surface area contributed by atoms with Crippen LogP contribution in [0.5, 0.6) is 0 Å². The molecule has 0 radical (unpaired) electrons. The summed E-state index contributed by atoms with van der Waals surface area (Å²) in [5.41, 5.74) is 10.1. The Balaban J connectivity index is 1.62. The summed E-state index contributed by atoms with van der Waals surface area (Å²) in [4.78, 5) is 0. The lowest BCUT2D eigenvalue weighted by molar-refractivity contribution is 1.47. The van der Waals surface area contributed by atoms with Crippen molar-refractivity contribution in [3.63, 3.8) is 0 Å². The lowest BCUT2D eigenvalue weighted by Crippen LogP contribution is -1.97. The first-order valence-electron chi connectivity index (χ1n) is 12.4. The van der Waals surface area contributed by atoms with E-state index in [0.717, 1.165) is 27.8 Å². The molecule has 178 valence electrons. The van der Waals surface area contributed by atoms with E-state index in [9.17, 15) is 0 Å². The van der Waals surface area contributed by atoms with Crippen LogP contribution in [0.4, 0.5) is 0 Å². The average molecular weight is 485 g/mol. The van der Waals surface area contributed by atoms with Gasteiger partial charge in [0.25, 0.3) is 0 Å². The summed E-state index contributed by atoms with van der Waals surface area (Å²) in [6.07, 6.45) is 1.60. The first-order chi connectivity index (χ1) is 18.8. The van der Waals surface area contributed by atoms with Gasteiger partial charge in [0.2, 0.25) is 0 Å². The Bertz CT molecular complexity index is 1610. The van der Waals surface area contributed by atoms with Gasteiger partial charge in [-0.05, 0) is 56.2 Å². The number of rotatable bonds is 6. The van der Waals surface area contributed by atoms with Crippen molar-refractivity contribution < 1.29 is 0 Å². The Labute approximate surface area is 223 Å². The lowest BCUT2D eigenvalue weighted by atomic mass is 9.85. The van der Waals surface area contributed by atoms with E-state index in [1.807, 2.05) is 54.6 Å². The summed E-state index contributed by atoms with van der Waals surface area (Å²) in [5, 5.41) is 18.0. The van der Waals surface area contributed by atoms with Crippen LogP contribution in [-0.4, -0.2) is 0 Å². The topological polar surface area (TPSA) is 47.6 Å². The molecule has 0 aliphatic rings. The van der Waals surface area contributed by atoms with E-state index >= 15 is 0 Å². The molecule has 0 aromatic heterocycles. The molecule has 0 heterocycles. The number of allylic oxidation sites excluding steroid dienone is 1. The Kier molecular flexibility index (Phi) is 7.36. The highest BCUT2D eigenvalue weighted by Gasteiger charge is 2.16. The first kappa shape index (κ1) is 24.3. The Morgan fingerprint density at radius 2 is 0.763 bits per heavy atom. The second-order valence-electron chi connectivity index (χ2n) is 8.83. The van der Waals surface area contributed by atoms with E-state index in [1.54, 1.807) is 6.08 Å². The fourth-order valence-corrected chi connectivity index (χ4v) is 4.58. The van der Waals surface area contributed by atoms with Gasteiger partial charge in [0.15, 0.2) is 0 Å². The van der Waals surface area contributed by atoms with E-state index in [2.05, 4.69) is 97.1 Å². The maximum Gasteiger partial charge on any atom is 0.130 e. The summed E-state index contributed by atoms with van der Waals surface area (Å²) in [6, 6.07) is 52.0. The van der Waals surface area contributed by atoms with E-state index in [4.69, 9.17) is 10.5 Å². The van der Waals surface area contributed by atoms with E-state index in [-0.39, 0.29) is 5.57 Å². The number of hydrogen-bond donors (Lipinski definition) is 0. The zero-order valence-electron chi connectivity index (χ0n) is 20.8. The van der Waals surface area contributed by atoms with Gasteiger partial charge in [0, 0.05) is 0 Å². The molecule has 0 bridgehead atoms. The van der Waals surface area contributed by atoms with Crippen LogP contribution in [-0.2, 0) is 0 Å². The van der Waals surface area contributed by atoms with Crippen molar-refractivity contribution in [1.82, 2.24) is 0 Å². The largest absolute Gasteiger partial charge is 0.192 e. The minimum absolute atomic E-state index is 0.0926. The van der Waals surface area contributed by atoms with E-state index in [0.29, 0.717) is 0 Å². The van der Waals surface area contributed by atoms with Gasteiger partial charge in [-0.3, -0.25) is 0 Å². The minimum atomic E-state index is 0.0926. The molecule has 0 aliphatic carbocycles. The number of benzene rings is 5. The zero-order chi connectivity index (χ0) is 26.2. The van der Waals surface area contributed by atoms with Gasteiger partial charge in [0.1, 0.15) is 17.7 Å². The van der Waals surface area contributed by atoms with Crippen LogP contribution < -0.4 is 0 Å². The van der Waals surface area contributed by atoms with Crippen LogP contribution >= 0.6 is 0 Å². The number of hydrogen-bond acceptors (Lipinski definition) is 2. The third kappa shape index (κ3) is 5.36. The van der Waals surface area contributed by atoms with Crippen molar-refractivity contribution in [2.75, 3.05) is 0 Å². The first-order valence-corrected chi connectivity index (χ1v) is 12.4. The standard InChI is InChI=1S/C36H24N2/c37-25-28(26-38)24-27-16-18-29(19-17-27)30-20-22-34(23-21-30)36(33-14-8-3-9-15-33)35(31-10-4-1-5-11-31)32-12-6-2-7-13-32/h1-24H. The molecule has 0 saturated heterocycles. The molecule has 2 heteroatoms. The molecular formula is C36H24N2. The van der Waals surface area contributed by atoms with Gasteiger partial charge in [-0.1, -0.05) is 140 Å². The molecule has 0 amide bonds. The summed E-state index contributed by atoms with van der Waals surface area (Å²) in [5.74, 6) is 0. The van der Waals surface area contributed by atoms with Crippen molar-refractivity contribution in [1.29, 1.82) is 10.5 Å². The molecule has 0 atom stereocenters. The van der Waals surface area contributed by atoms with Crippen molar-refractivity contribution in [2.45, 2.75) is 0 Å². The highest BCUT2D eigenvalue weighted by Crippen LogP contribution is 2.37. The summed E-state index contributed by atoms with van der Waals surface area (Å²) in [6.45, 7) is 0. The van der Waals surface area contributed by atoms with Crippen molar-refractivity contribution in [2.24, 2.45) is 0 Å². The molecule has 0 saturated carbocycles. The van der Waals surface area contributed by atoms with Crippen LogP contribution in [0.1, 0.15) is 27.8 Å². The summed E-state index contributed by atoms with van der Waals surface area (Å²) < 4.78 is 0. The fraction of sp³-hybridized carbons (Fsp3) is 0. The van der Waals surface area contributed by atoms with Crippen molar-refractivity contribution >= 4 is 17.2 Å². The van der Waals surface area contributed by atoms with E-state index < -0.39 is 0 Å². The Hall–Kier alpha value is -5.44. The third-order valence-electron chi connectivity index (χ3n) is 6.41. The molecule has 2 nitrogen and oxygen atoms in total. The van der Waals surface area contributed by atoms with Gasteiger partial charge in [-0.25, -0.2) is 0 Å². The SMILES string of the molecule is N#CC(C#N)=Cc1ccc(-c2ccc(C(=C(c3ccccc3)c3ccccc3)c3ccccc3)cc2)cc1. The molecule has 5 aromatic rings. The van der Waals surface area contributed by atoms with E-state index in [1.165, 1.54) is 22.3 Å². The molecule has 0 spiro atoms. The normalized spacial score (nSPS) is 10.1. The highest BCUT2D eigenvalue weighted by molar-refractivity contribution is 6.04. The molecule has 5 aromatic carbocycles. The molecule has 0 fully saturated rings. The Morgan fingerprint density at radius 1 is 0.421 bits per heavy atom. The number of nitrogens with zero attached hydrogens (tertiary/aromatic N) is 2. The molecular weight excluding hydrogens is 460 g/mol. The van der Waals surface area contributed by atoms with Crippen molar-refractivity contribution in [3.8, 4) is 23.3 Å². The second-order valence-corrected chi connectivity index (χ2v) is 8.83. The smallest absolute Gasteiger partial charge is 0.130 e.